The normalized spacial score (nSPS) is 36.6. The molecule has 0 aromatic rings. The quantitative estimate of drug-likeness (QED) is 0.707. The van der Waals surface area contributed by atoms with E-state index in [1.54, 1.807) is 11.8 Å². The van der Waals surface area contributed by atoms with E-state index in [2.05, 4.69) is 5.32 Å². The summed E-state index contributed by atoms with van der Waals surface area (Å²) in [6.07, 6.45) is 1.13. The average Bonchev–Trinajstić information content (AvgIpc) is 2.56. The molecule has 2 rings (SSSR count). The van der Waals surface area contributed by atoms with Gasteiger partial charge in [-0.05, 0) is 19.4 Å². The summed E-state index contributed by atoms with van der Waals surface area (Å²) in [5, 5.41) is 2.68. The minimum absolute atomic E-state index is 0.0969. The molecule has 2 fully saturated rings. The van der Waals surface area contributed by atoms with Gasteiger partial charge in [0.05, 0.1) is 12.6 Å². The number of likely N-dealkylation sites (tertiary alicyclic amines) is 1. The molecule has 0 saturated carbocycles. The van der Waals surface area contributed by atoms with E-state index in [1.165, 1.54) is 0 Å². The van der Waals surface area contributed by atoms with Gasteiger partial charge in [-0.25, -0.2) is 8.78 Å². The molecule has 0 aromatic carbocycles. The van der Waals surface area contributed by atoms with Crippen molar-refractivity contribution in [3.8, 4) is 0 Å². The van der Waals surface area contributed by atoms with Crippen molar-refractivity contribution in [2.24, 2.45) is 5.92 Å². The van der Waals surface area contributed by atoms with Crippen molar-refractivity contribution in [3.63, 3.8) is 0 Å². The van der Waals surface area contributed by atoms with Gasteiger partial charge in [0.15, 0.2) is 0 Å². The zero-order valence-electron chi connectivity index (χ0n) is 8.80. The van der Waals surface area contributed by atoms with Crippen LogP contribution in [0.3, 0.4) is 0 Å². The number of carbonyl (C=O) groups excluding carboxylic acids is 1. The molecule has 1 amide bonds. The molecule has 2 atom stereocenters. The minimum atomic E-state index is -2.65. The smallest absolute Gasteiger partial charge is 0.263 e. The number of rotatable bonds is 1. The van der Waals surface area contributed by atoms with Gasteiger partial charge in [0.1, 0.15) is 0 Å². The molecule has 2 aliphatic rings. The van der Waals surface area contributed by atoms with Gasteiger partial charge in [-0.3, -0.25) is 9.69 Å². The van der Waals surface area contributed by atoms with Gasteiger partial charge in [-0.15, -0.1) is 0 Å². The highest BCUT2D eigenvalue weighted by atomic mass is 19.3. The molecule has 0 aromatic heterocycles. The third-order valence-corrected chi connectivity index (χ3v) is 3.44. The topological polar surface area (TPSA) is 32.3 Å². The lowest BCUT2D eigenvalue weighted by molar-refractivity contribution is -0.134. The van der Waals surface area contributed by atoms with E-state index in [1.807, 2.05) is 0 Å². The molecule has 86 valence electrons. The Morgan fingerprint density at radius 2 is 2.20 bits per heavy atom. The zero-order valence-corrected chi connectivity index (χ0v) is 8.80. The second kappa shape index (κ2) is 3.70. The van der Waals surface area contributed by atoms with Crippen molar-refractivity contribution in [2.45, 2.75) is 31.7 Å². The Kier molecular flexibility index (Phi) is 2.66. The Morgan fingerprint density at radius 3 is 2.73 bits per heavy atom. The van der Waals surface area contributed by atoms with Crippen LogP contribution >= 0.6 is 0 Å². The van der Waals surface area contributed by atoms with E-state index in [0.29, 0.717) is 25.9 Å². The summed E-state index contributed by atoms with van der Waals surface area (Å²) in [4.78, 5) is 13.0. The molecule has 3 nitrogen and oxygen atoms in total. The van der Waals surface area contributed by atoms with Gasteiger partial charge < -0.3 is 5.32 Å². The standard InChI is InChI=1S/C10H16F2N2O/c1-7-3-5-14(6-10(7,11)12)8-2-4-13-9(8)15/h7-8H,2-6H2,1H3,(H,13,15)/t7-,8+/m1/s1. The fourth-order valence-electron chi connectivity index (χ4n) is 2.27. The Bertz CT molecular complexity index is 270. The second-order valence-corrected chi connectivity index (χ2v) is 4.52. The third kappa shape index (κ3) is 1.97. The highest BCUT2D eigenvalue weighted by molar-refractivity contribution is 5.83. The number of piperidine rings is 1. The summed E-state index contributed by atoms with van der Waals surface area (Å²) in [5.41, 5.74) is 0. The Hall–Kier alpha value is -0.710. The number of halogens is 2. The molecule has 0 unspecified atom stereocenters. The highest BCUT2D eigenvalue weighted by Gasteiger charge is 2.45. The molecular formula is C10H16F2N2O. The first kappa shape index (κ1) is 10.8. The molecule has 15 heavy (non-hydrogen) atoms. The van der Waals surface area contributed by atoms with Gasteiger partial charge in [-0.2, -0.15) is 0 Å². The van der Waals surface area contributed by atoms with Gasteiger partial charge in [0.2, 0.25) is 5.91 Å². The summed E-state index contributed by atoms with van der Waals surface area (Å²) in [5.74, 6) is -3.32. The number of hydrogen-bond acceptors (Lipinski definition) is 2. The molecule has 0 radical (unpaired) electrons. The highest BCUT2D eigenvalue weighted by Crippen LogP contribution is 2.33. The number of alkyl halides is 2. The summed E-state index contributed by atoms with van der Waals surface area (Å²) in [6.45, 7) is 2.52. The maximum Gasteiger partial charge on any atom is 0.263 e. The third-order valence-electron chi connectivity index (χ3n) is 3.44. The maximum atomic E-state index is 13.5. The molecular weight excluding hydrogens is 202 g/mol. The first-order chi connectivity index (χ1) is 7.00. The van der Waals surface area contributed by atoms with Crippen LogP contribution in [0.2, 0.25) is 0 Å². The Labute approximate surface area is 87.8 Å². The molecule has 5 heteroatoms. The molecule has 0 aliphatic carbocycles. The molecule has 2 saturated heterocycles. The van der Waals surface area contributed by atoms with Crippen LogP contribution in [0.15, 0.2) is 0 Å². The van der Waals surface area contributed by atoms with Crippen molar-refractivity contribution in [1.82, 2.24) is 10.2 Å². The number of amides is 1. The first-order valence-electron chi connectivity index (χ1n) is 5.40. The molecule has 0 bridgehead atoms. The summed E-state index contributed by atoms with van der Waals surface area (Å²) in [7, 11) is 0. The van der Waals surface area contributed by atoms with Crippen molar-refractivity contribution >= 4 is 5.91 Å². The van der Waals surface area contributed by atoms with Crippen LogP contribution in [0.25, 0.3) is 0 Å². The number of hydrogen-bond donors (Lipinski definition) is 1. The summed E-state index contributed by atoms with van der Waals surface area (Å²) >= 11 is 0. The SMILES string of the molecule is C[C@@H]1CCN([C@H]2CCNC2=O)CC1(F)F. The average molecular weight is 218 g/mol. The van der Waals surface area contributed by atoms with Gasteiger partial charge in [-0.1, -0.05) is 6.92 Å². The molecule has 2 heterocycles. The van der Waals surface area contributed by atoms with E-state index in [4.69, 9.17) is 0 Å². The number of nitrogens with one attached hydrogen (secondary N) is 1. The van der Waals surface area contributed by atoms with Crippen molar-refractivity contribution < 1.29 is 13.6 Å². The van der Waals surface area contributed by atoms with Crippen LogP contribution in [-0.4, -0.2) is 42.4 Å². The lowest BCUT2D eigenvalue weighted by Gasteiger charge is -2.38. The maximum absolute atomic E-state index is 13.5. The van der Waals surface area contributed by atoms with Crippen LogP contribution in [0.5, 0.6) is 0 Å². The van der Waals surface area contributed by atoms with E-state index >= 15 is 0 Å². The van der Waals surface area contributed by atoms with Gasteiger partial charge in [0, 0.05) is 12.5 Å². The zero-order chi connectivity index (χ0) is 11.1. The number of carbonyl (C=O) groups is 1. The predicted molar refractivity (Wildman–Crippen MR) is 51.7 cm³/mol. The van der Waals surface area contributed by atoms with Crippen LogP contribution in [0.4, 0.5) is 8.78 Å². The minimum Gasteiger partial charge on any atom is -0.355 e. The van der Waals surface area contributed by atoms with Crippen LogP contribution in [0.1, 0.15) is 19.8 Å². The van der Waals surface area contributed by atoms with Crippen molar-refractivity contribution in [3.05, 3.63) is 0 Å². The van der Waals surface area contributed by atoms with Crippen LogP contribution in [-0.2, 0) is 4.79 Å². The Balaban J connectivity index is 2.03. The van der Waals surface area contributed by atoms with Crippen molar-refractivity contribution in [1.29, 1.82) is 0 Å². The second-order valence-electron chi connectivity index (χ2n) is 4.52. The van der Waals surface area contributed by atoms with E-state index in [0.717, 1.165) is 0 Å². The fourth-order valence-corrected chi connectivity index (χ4v) is 2.27. The summed E-state index contributed by atoms with van der Waals surface area (Å²) < 4.78 is 26.9. The predicted octanol–water partition coefficient (Wildman–Crippen LogP) is 0.852. The molecule has 0 spiro atoms. The van der Waals surface area contributed by atoms with Crippen LogP contribution < -0.4 is 5.32 Å². The fraction of sp³-hybridized carbons (Fsp3) is 0.900. The molecule has 1 N–H and O–H groups in total. The lowest BCUT2D eigenvalue weighted by atomic mass is 9.93. The lowest BCUT2D eigenvalue weighted by Crippen LogP contribution is -2.53. The van der Waals surface area contributed by atoms with Gasteiger partial charge in [0.25, 0.3) is 5.92 Å². The molecule has 2 aliphatic heterocycles. The van der Waals surface area contributed by atoms with E-state index < -0.39 is 11.8 Å². The van der Waals surface area contributed by atoms with Gasteiger partial charge >= 0.3 is 0 Å². The largest absolute Gasteiger partial charge is 0.355 e. The van der Waals surface area contributed by atoms with Crippen LogP contribution in [0, 0.1) is 5.92 Å². The Morgan fingerprint density at radius 1 is 1.47 bits per heavy atom. The first-order valence-corrected chi connectivity index (χ1v) is 5.40. The monoisotopic (exact) mass is 218 g/mol. The van der Waals surface area contributed by atoms with Crippen molar-refractivity contribution in [2.75, 3.05) is 19.6 Å². The summed E-state index contributed by atoms with van der Waals surface area (Å²) in [6, 6.07) is -0.330. The number of nitrogens with zero attached hydrogens (tertiary/aromatic N) is 1. The van der Waals surface area contributed by atoms with E-state index in [9.17, 15) is 13.6 Å². The van der Waals surface area contributed by atoms with E-state index in [-0.39, 0.29) is 18.5 Å².